The largest absolute Gasteiger partial charge is 0.369 e. The van der Waals surface area contributed by atoms with Crippen molar-refractivity contribution in [1.29, 1.82) is 0 Å². The van der Waals surface area contributed by atoms with Crippen LogP contribution in [0.3, 0.4) is 0 Å². The number of anilines is 2. The van der Waals surface area contributed by atoms with Gasteiger partial charge in [-0.15, -0.1) is 0 Å². The summed E-state index contributed by atoms with van der Waals surface area (Å²) >= 11 is 1.16. The van der Waals surface area contributed by atoms with Crippen LogP contribution in [-0.4, -0.2) is 52.3 Å². The van der Waals surface area contributed by atoms with Crippen molar-refractivity contribution >= 4 is 40.0 Å². The number of hydrogen-bond acceptors (Lipinski definition) is 6. The molecule has 2 aromatic carbocycles. The van der Waals surface area contributed by atoms with E-state index in [0.29, 0.717) is 6.54 Å². The van der Waals surface area contributed by atoms with Gasteiger partial charge in [-0.3, -0.25) is 9.69 Å². The quantitative estimate of drug-likeness (QED) is 0.781. The molecule has 1 N–H and O–H groups in total. The molecule has 4 rings (SSSR count). The molecular weight excluding hydrogens is 334 g/mol. The van der Waals surface area contributed by atoms with Gasteiger partial charge in [0.15, 0.2) is 0 Å². The standard InChI is InChI=1S/C18H19N5OS/c24-17(19-15-7-4-8-16-18(15)21-25-20-16)13-22-9-11-23(12-10-22)14-5-2-1-3-6-14/h1-8H,9-13H2,(H,19,24). The fourth-order valence-corrected chi connectivity index (χ4v) is 3.65. The minimum atomic E-state index is -0.00587. The predicted molar refractivity (Wildman–Crippen MR) is 101 cm³/mol. The Morgan fingerprint density at radius 2 is 1.80 bits per heavy atom. The SMILES string of the molecule is O=C(CN1CCN(c2ccccc2)CC1)Nc1cccc2nsnc12. The van der Waals surface area contributed by atoms with Crippen molar-refractivity contribution in [2.45, 2.75) is 0 Å². The van der Waals surface area contributed by atoms with E-state index < -0.39 is 0 Å². The molecule has 0 unspecified atom stereocenters. The molecule has 1 amide bonds. The second kappa shape index (κ2) is 7.16. The Morgan fingerprint density at radius 3 is 2.60 bits per heavy atom. The molecule has 0 aliphatic carbocycles. The van der Waals surface area contributed by atoms with Crippen LogP contribution in [0.5, 0.6) is 0 Å². The molecule has 3 aromatic rings. The van der Waals surface area contributed by atoms with Gasteiger partial charge in [-0.05, 0) is 24.3 Å². The lowest BCUT2D eigenvalue weighted by molar-refractivity contribution is -0.117. The van der Waals surface area contributed by atoms with Crippen molar-refractivity contribution in [2.75, 3.05) is 42.9 Å². The Labute approximate surface area is 150 Å². The summed E-state index contributed by atoms with van der Waals surface area (Å²) in [5.74, 6) is -0.00587. The number of para-hydroxylation sites is 1. The highest BCUT2D eigenvalue weighted by molar-refractivity contribution is 7.00. The van der Waals surface area contributed by atoms with Gasteiger partial charge < -0.3 is 10.2 Å². The number of fused-ring (bicyclic) bond motifs is 1. The number of nitrogens with one attached hydrogen (secondary N) is 1. The Balaban J connectivity index is 1.33. The Hall–Kier alpha value is -2.51. The highest BCUT2D eigenvalue weighted by Crippen LogP contribution is 2.21. The number of hydrogen-bond donors (Lipinski definition) is 1. The summed E-state index contributed by atoms with van der Waals surface area (Å²) in [5, 5.41) is 2.97. The van der Waals surface area contributed by atoms with Gasteiger partial charge >= 0.3 is 0 Å². The first-order valence-electron chi connectivity index (χ1n) is 8.33. The van der Waals surface area contributed by atoms with Gasteiger partial charge in [0, 0.05) is 31.9 Å². The number of aromatic nitrogens is 2. The molecule has 0 atom stereocenters. The molecule has 1 aromatic heterocycles. The molecule has 1 aliphatic heterocycles. The summed E-state index contributed by atoms with van der Waals surface area (Å²) in [6, 6.07) is 16.1. The molecule has 128 valence electrons. The van der Waals surface area contributed by atoms with E-state index in [1.807, 2.05) is 24.3 Å². The fourth-order valence-electron chi connectivity index (χ4n) is 3.10. The van der Waals surface area contributed by atoms with Crippen molar-refractivity contribution in [3.63, 3.8) is 0 Å². The number of amides is 1. The van der Waals surface area contributed by atoms with Crippen molar-refractivity contribution in [3.05, 3.63) is 48.5 Å². The average molecular weight is 353 g/mol. The number of nitrogens with zero attached hydrogens (tertiary/aromatic N) is 4. The maximum atomic E-state index is 12.4. The van der Waals surface area contributed by atoms with Crippen LogP contribution < -0.4 is 10.2 Å². The van der Waals surface area contributed by atoms with Crippen molar-refractivity contribution in [1.82, 2.24) is 13.6 Å². The average Bonchev–Trinajstić information content (AvgIpc) is 3.13. The number of carbonyl (C=O) groups is 1. The summed E-state index contributed by atoms with van der Waals surface area (Å²) in [6.45, 7) is 4.03. The third-order valence-electron chi connectivity index (χ3n) is 4.42. The zero-order chi connectivity index (χ0) is 17.1. The van der Waals surface area contributed by atoms with Crippen LogP contribution in [0, 0.1) is 0 Å². The van der Waals surface area contributed by atoms with E-state index >= 15 is 0 Å². The monoisotopic (exact) mass is 353 g/mol. The third-order valence-corrected chi connectivity index (χ3v) is 4.96. The van der Waals surface area contributed by atoms with E-state index in [4.69, 9.17) is 0 Å². The first-order valence-corrected chi connectivity index (χ1v) is 9.06. The summed E-state index contributed by atoms with van der Waals surface area (Å²) in [7, 11) is 0. The van der Waals surface area contributed by atoms with E-state index in [1.165, 1.54) is 5.69 Å². The molecular formula is C18H19N5OS. The molecule has 0 radical (unpaired) electrons. The maximum absolute atomic E-state index is 12.4. The Kier molecular flexibility index (Phi) is 4.58. The third kappa shape index (κ3) is 3.62. The molecule has 1 aliphatic rings. The number of rotatable bonds is 4. The number of carbonyl (C=O) groups excluding carboxylic acids is 1. The van der Waals surface area contributed by atoms with Crippen LogP contribution in [0.4, 0.5) is 11.4 Å². The topological polar surface area (TPSA) is 61.4 Å². The lowest BCUT2D eigenvalue weighted by Gasteiger charge is -2.35. The molecule has 1 saturated heterocycles. The predicted octanol–water partition coefficient (Wildman–Crippen LogP) is 2.45. The lowest BCUT2D eigenvalue weighted by Crippen LogP contribution is -2.48. The Bertz CT molecular complexity index is 858. The smallest absolute Gasteiger partial charge is 0.238 e. The summed E-state index contributed by atoms with van der Waals surface area (Å²) in [4.78, 5) is 16.9. The van der Waals surface area contributed by atoms with Gasteiger partial charge in [-0.25, -0.2) is 0 Å². The summed E-state index contributed by atoms with van der Waals surface area (Å²) < 4.78 is 8.46. The van der Waals surface area contributed by atoms with Gasteiger partial charge in [-0.2, -0.15) is 8.75 Å². The first-order chi connectivity index (χ1) is 12.3. The van der Waals surface area contributed by atoms with Gasteiger partial charge in [-0.1, -0.05) is 24.3 Å². The molecule has 6 nitrogen and oxygen atoms in total. The van der Waals surface area contributed by atoms with Crippen LogP contribution in [0.15, 0.2) is 48.5 Å². The van der Waals surface area contributed by atoms with E-state index in [9.17, 15) is 4.79 Å². The van der Waals surface area contributed by atoms with Gasteiger partial charge in [0.2, 0.25) is 5.91 Å². The van der Waals surface area contributed by atoms with Crippen molar-refractivity contribution in [2.24, 2.45) is 0 Å². The normalized spacial score (nSPS) is 15.4. The lowest BCUT2D eigenvalue weighted by atomic mass is 10.2. The van der Waals surface area contributed by atoms with Crippen LogP contribution in [0.25, 0.3) is 11.0 Å². The van der Waals surface area contributed by atoms with Crippen molar-refractivity contribution in [3.8, 4) is 0 Å². The van der Waals surface area contributed by atoms with Crippen LogP contribution in [0.2, 0.25) is 0 Å². The minimum Gasteiger partial charge on any atom is -0.369 e. The van der Waals surface area contributed by atoms with Crippen molar-refractivity contribution < 1.29 is 4.79 Å². The molecule has 0 saturated carbocycles. The van der Waals surface area contributed by atoms with Crippen LogP contribution in [-0.2, 0) is 4.79 Å². The molecule has 0 bridgehead atoms. The van der Waals surface area contributed by atoms with Gasteiger partial charge in [0.25, 0.3) is 0 Å². The molecule has 0 spiro atoms. The molecule has 1 fully saturated rings. The molecule has 7 heteroatoms. The molecule has 25 heavy (non-hydrogen) atoms. The van der Waals surface area contributed by atoms with Crippen LogP contribution >= 0.6 is 11.7 Å². The van der Waals surface area contributed by atoms with Gasteiger partial charge in [0.1, 0.15) is 11.0 Å². The van der Waals surface area contributed by atoms with Crippen LogP contribution in [0.1, 0.15) is 0 Å². The Morgan fingerprint density at radius 1 is 1.00 bits per heavy atom. The summed E-state index contributed by atoms with van der Waals surface area (Å²) in [5.41, 5.74) is 3.56. The molecule has 2 heterocycles. The highest BCUT2D eigenvalue weighted by atomic mass is 32.1. The zero-order valence-corrected chi connectivity index (χ0v) is 14.6. The maximum Gasteiger partial charge on any atom is 0.238 e. The number of piperazine rings is 1. The zero-order valence-electron chi connectivity index (χ0n) is 13.8. The van der Waals surface area contributed by atoms with E-state index in [2.05, 4.69) is 48.1 Å². The van der Waals surface area contributed by atoms with E-state index in [1.54, 1.807) is 0 Å². The van der Waals surface area contributed by atoms with E-state index in [-0.39, 0.29) is 5.91 Å². The second-order valence-corrected chi connectivity index (χ2v) is 6.61. The number of benzene rings is 2. The highest BCUT2D eigenvalue weighted by Gasteiger charge is 2.19. The minimum absolute atomic E-state index is 0.00587. The fraction of sp³-hybridized carbons (Fsp3) is 0.278. The second-order valence-electron chi connectivity index (χ2n) is 6.08. The summed E-state index contributed by atoms with van der Waals surface area (Å²) in [6.07, 6.45) is 0. The first kappa shape index (κ1) is 16.0. The van der Waals surface area contributed by atoms with E-state index in [0.717, 1.165) is 54.6 Å². The van der Waals surface area contributed by atoms with Gasteiger partial charge in [0.05, 0.1) is 24.0 Å².